The first-order chi connectivity index (χ1) is 14.2. The quantitative estimate of drug-likeness (QED) is 0.419. The highest BCUT2D eigenvalue weighted by molar-refractivity contribution is 6.35. The zero-order valence-electron chi connectivity index (χ0n) is 14.9. The zero-order chi connectivity index (χ0) is 20.1. The lowest BCUT2D eigenvalue weighted by Crippen LogP contribution is -2.15. The minimum Gasteiger partial charge on any atom is -0.274 e. The van der Waals surface area contributed by atoms with Crippen LogP contribution in [0.25, 0.3) is 12.2 Å². The number of hydrogen-bond donors (Lipinski definition) is 0. The number of hydrogen-bond acceptors (Lipinski definition) is 7. The Bertz CT molecular complexity index is 1100. The van der Waals surface area contributed by atoms with E-state index in [4.69, 9.17) is 23.2 Å². The van der Waals surface area contributed by atoms with Gasteiger partial charge in [0.2, 0.25) is 0 Å². The Morgan fingerprint density at radius 2 is 1.31 bits per heavy atom. The summed E-state index contributed by atoms with van der Waals surface area (Å²) < 4.78 is 0. The van der Waals surface area contributed by atoms with Crippen LogP contribution in [0.3, 0.4) is 0 Å². The summed E-state index contributed by atoms with van der Waals surface area (Å²) >= 11 is 13.0. The molecular formula is C20H13Cl2N7. The van der Waals surface area contributed by atoms with E-state index in [1.165, 1.54) is 0 Å². The van der Waals surface area contributed by atoms with Gasteiger partial charge in [-0.2, -0.15) is 0 Å². The van der Waals surface area contributed by atoms with Crippen molar-refractivity contribution in [3.05, 3.63) is 88.2 Å². The van der Waals surface area contributed by atoms with E-state index in [2.05, 4.69) is 30.8 Å². The van der Waals surface area contributed by atoms with Crippen molar-refractivity contribution < 1.29 is 0 Å². The third-order valence-corrected chi connectivity index (χ3v) is 4.79. The molecule has 0 saturated heterocycles. The van der Waals surface area contributed by atoms with Crippen molar-refractivity contribution in [3.8, 4) is 0 Å². The Morgan fingerprint density at radius 1 is 0.690 bits per heavy atom. The molecule has 0 bridgehead atoms. The first kappa shape index (κ1) is 18.9. The summed E-state index contributed by atoms with van der Waals surface area (Å²) in [4.78, 5) is 1.73. The fourth-order valence-corrected chi connectivity index (χ4v) is 3.17. The lowest BCUT2D eigenvalue weighted by molar-refractivity contribution is 0.834. The van der Waals surface area contributed by atoms with Crippen LogP contribution in [0.1, 0.15) is 11.1 Å². The number of aromatic nitrogens is 6. The van der Waals surface area contributed by atoms with Gasteiger partial charge in [-0.25, -0.2) is 0 Å². The number of anilines is 3. The molecule has 4 aromatic rings. The van der Waals surface area contributed by atoms with Crippen LogP contribution in [0.4, 0.5) is 17.3 Å². The van der Waals surface area contributed by atoms with Gasteiger partial charge in [-0.15, -0.1) is 20.4 Å². The number of rotatable bonds is 5. The summed E-state index contributed by atoms with van der Waals surface area (Å²) in [5, 5.41) is 24.3. The lowest BCUT2D eigenvalue weighted by Gasteiger charge is -2.23. The van der Waals surface area contributed by atoms with E-state index in [-0.39, 0.29) is 0 Å². The second-order valence-corrected chi connectivity index (χ2v) is 6.61. The van der Waals surface area contributed by atoms with E-state index < -0.39 is 0 Å². The van der Waals surface area contributed by atoms with Gasteiger partial charge in [0.25, 0.3) is 0 Å². The van der Waals surface area contributed by atoms with Crippen molar-refractivity contribution in [2.24, 2.45) is 0 Å². The molecule has 0 N–H and O–H groups in total. The minimum atomic E-state index is 0.495. The molecule has 0 aliphatic rings. The molecule has 0 amide bonds. The van der Waals surface area contributed by atoms with Crippen molar-refractivity contribution in [1.29, 1.82) is 0 Å². The van der Waals surface area contributed by atoms with E-state index in [1.54, 1.807) is 29.4 Å². The average Bonchev–Trinajstić information content (AvgIpc) is 2.77. The summed E-state index contributed by atoms with van der Waals surface area (Å²) in [5.74, 6) is 0.990. The van der Waals surface area contributed by atoms with E-state index in [0.29, 0.717) is 27.4 Å². The predicted molar refractivity (Wildman–Crippen MR) is 113 cm³/mol. The molecule has 0 spiro atoms. The Hall–Kier alpha value is -3.42. The Labute approximate surface area is 176 Å². The predicted octanol–water partition coefficient (Wildman–Crippen LogP) is 5.00. The van der Waals surface area contributed by atoms with Gasteiger partial charge in [-0.1, -0.05) is 65.7 Å². The molecule has 0 aliphatic heterocycles. The number of halogens is 2. The Balaban J connectivity index is 1.79. The highest BCUT2D eigenvalue weighted by Crippen LogP contribution is 2.38. The first-order valence-corrected chi connectivity index (χ1v) is 9.29. The first-order valence-electron chi connectivity index (χ1n) is 8.54. The topological polar surface area (TPSA) is 80.6 Å². The van der Waals surface area contributed by atoms with Crippen molar-refractivity contribution >= 4 is 52.7 Å². The van der Waals surface area contributed by atoms with Gasteiger partial charge in [0.1, 0.15) is 0 Å². The molecule has 7 nitrogen and oxygen atoms in total. The maximum Gasteiger partial charge on any atom is 0.164 e. The van der Waals surface area contributed by atoms with Crippen LogP contribution in [-0.4, -0.2) is 30.8 Å². The highest BCUT2D eigenvalue weighted by Gasteiger charge is 2.19. The monoisotopic (exact) mass is 421 g/mol. The molecule has 29 heavy (non-hydrogen) atoms. The van der Waals surface area contributed by atoms with Crippen molar-refractivity contribution in [3.63, 3.8) is 0 Å². The van der Waals surface area contributed by atoms with Crippen molar-refractivity contribution in [2.75, 3.05) is 4.90 Å². The minimum absolute atomic E-state index is 0.495. The van der Waals surface area contributed by atoms with Gasteiger partial charge in [0.05, 0.1) is 23.1 Å². The third-order valence-electron chi connectivity index (χ3n) is 4.03. The number of benzene rings is 2. The van der Waals surface area contributed by atoms with Crippen LogP contribution >= 0.6 is 23.2 Å². The van der Waals surface area contributed by atoms with Gasteiger partial charge < -0.3 is 0 Å². The second kappa shape index (κ2) is 8.72. The smallest absolute Gasteiger partial charge is 0.164 e. The summed E-state index contributed by atoms with van der Waals surface area (Å²) in [5.41, 5.74) is 2.36. The highest BCUT2D eigenvalue weighted by atomic mass is 35.5. The normalized spacial score (nSPS) is 11.0. The van der Waals surface area contributed by atoms with E-state index in [9.17, 15) is 0 Å². The van der Waals surface area contributed by atoms with Gasteiger partial charge in [-0.3, -0.25) is 4.90 Å². The van der Waals surface area contributed by atoms with Crippen LogP contribution in [0.5, 0.6) is 0 Å². The maximum absolute atomic E-state index is 6.76. The Morgan fingerprint density at radius 3 is 1.93 bits per heavy atom. The Kier molecular flexibility index (Phi) is 5.69. The van der Waals surface area contributed by atoms with Crippen LogP contribution in [-0.2, 0) is 0 Å². The lowest BCUT2D eigenvalue weighted by atomic mass is 10.1. The summed E-state index contributed by atoms with van der Waals surface area (Å²) in [6.45, 7) is 0. The molecule has 9 heteroatoms. The average molecular weight is 422 g/mol. The largest absolute Gasteiger partial charge is 0.274 e. The maximum atomic E-state index is 6.76. The second-order valence-electron chi connectivity index (χ2n) is 5.83. The fraction of sp³-hybridized carbons (Fsp3) is 0. The third kappa shape index (κ3) is 4.21. The van der Waals surface area contributed by atoms with Gasteiger partial charge in [0.15, 0.2) is 11.6 Å². The summed E-state index contributed by atoms with van der Waals surface area (Å²) in [6.07, 6.45) is 6.90. The van der Waals surface area contributed by atoms with Crippen LogP contribution in [0.2, 0.25) is 10.0 Å². The molecule has 0 fully saturated rings. The zero-order valence-corrected chi connectivity index (χ0v) is 16.4. The SMILES string of the molecule is Clc1ccccc1/C=C/c1cccc(N(c2ccnnn2)c2ccnnn2)c1Cl. The molecule has 0 aliphatic carbocycles. The van der Waals surface area contributed by atoms with Gasteiger partial charge in [-0.05, 0) is 33.7 Å². The molecule has 0 saturated carbocycles. The molecular weight excluding hydrogens is 409 g/mol. The molecule has 2 aromatic carbocycles. The molecule has 0 unspecified atom stereocenters. The van der Waals surface area contributed by atoms with E-state index in [1.807, 2.05) is 54.6 Å². The van der Waals surface area contributed by atoms with Crippen molar-refractivity contribution in [2.45, 2.75) is 0 Å². The van der Waals surface area contributed by atoms with E-state index >= 15 is 0 Å². The van der Waals surface area contributed by atoms with Gasteiger partial charge >= 0.3 is 0 Å². The molecule has 0 radical (unpaired) electrons. The van der Waals surface area contributed by atoms with Gasteiger partial charge in [0, 0.05) is 17.2 Å². The van der Waals surface area contributed by atoms with Crippen LogP contribution < -0.4 is 4.90 Å². The summed E-state index contributed by atoms with van der Waals surface area (Å²) in [6, 6.07) is 16.7. The summed E-state index contributed by atoms with van der Waals surface area (Å²) in [7, 11) is 0. The molecule has 2 aromatic heterocycles. The van der Waals surface area contributed by atoms with E-state index in [0.717, 1.165) is 11.1 Å². The molecule has 0 atom stereocenters. The van der Waals surface area contributed by atoms with Crippen molar-refractivity contribution in [1.82, 2.24) is 30.8 Å². The molecule has 2 heterocycles. The fourth-order valence-electron chi connectivity index (χ4n) is 2.70. The standard InChI is InChI=1S/C20H13Cl2N7/c21-16-6-2-1-4-14(16)8-9-15-5-3-7-17(20(15)22)29(18-10-12-23-27-25-18)19-11-13-24-28-26-19/h1-13H/b9-8+. The number of nitrogens with zero attached hydrogens (tertiary/aromatic N) is 7. The molecule has 142 valence electrons. The van der Waals surface area contributed by atoms with Crippen LogP contribution in [0, 0.1) is 0 Å². The molecule has 4 rings (SSSR count). The van der Waals surface area contributed by atoms with Crippen LogP contribution in [0.15, 0.2) is 67.0 Å².